The van der Waals surface area contributed by atoms with Crippen molar-refractivity contribution in [2.75, 3.05) is 36.8 Å². The van der Waals surface area contributed by atoms with Gasteiger partial charge in [0, 0.05) is 48.3 Å². The number of amides is 1. The number of pyridine rings is 1. The maximum absolute atomic E-state index is 13.6. The van der Waals surface area contributed by atoms with Crippen LogP contribution in [0.5, 0.6) is 0 Å². The first-order valence-electron chi connectivity index (χ1n) is 10.1. The molecule has 150 valence electrons. The molecule has 4 aromatic rings. The van der Waals surface area contributed by atoms with Crippen LogP contribution in [-0.4, -0.2) is 41.7 Å². The molecule has 1 aromatic heterocycles. The number of carbonyl (C=O) groups is 1. The Morgan fingerprint density at radius 2 is 1.27 bits per heavy atom. The van der Waals surface area contributed by atoms with E-state index >= 15 is 0 Å². The third kappa shape index (κ3) is 2.97. The summed E-state index contributed by atoms with van der Waals surface area (Å²) in [5.41, 5.74) is 8.88. The molecule has 0 bridgehead atoms. The number of rotatable bonds is 1. The maximum Gasteiger partial charge on any atom is 0.329 e. The molecule has 1 saturated heterocycles. The summed E-state index contributed by atoms with van der Waals surface area (Å²) in [5.74, 6) is 0. The van der Waals surface area contributed by atoms with Gasteiger partial charge in [-0.25, -0.2) is 4.79 Å². The summed E-state index contributed by atoms with van der Waals surface area (Å²) in [5, 5.41) is 1.12. The van der Waals surface area contributed by atoms with Crippen molar-refractivity contribution in [3.63, 3.8) is 0 Å². The SMILES string of the molecule is Nc1ccc(N2CCN(C(=O)n3c4ccccc4c(=O)c4ccccc43)CC2)cc1. The zero-order valence-electron chi connectivity index (χ0n) is 16.5. The molecule has 6 heteroatoms. The van der Waals surface area contributed by atoms with Crippen LogP contribution in [0.25, 0.3) is 21.8 Å². The van der Waals surface area contributed by atoms with Gasteiger partial charge in [-0.2, -0.15) is 0 Å². The fourth-order valence-electron chi connectivity index (χ4n) is 4.18. The molecule has 0 saturated carbocycles. The van der Waals surface area contributed by atoms with Crippen molar-refractivity contribution >= 4 is 39.2 Å². The first-order chi connectivity index (χ1) is 14.6. The van der Waals surface area contributed by atoms with Gasteiger partial charge in [0.05, 0.1) is 11.0 Å². The molecular weight excluding hydrogens is 376 g/mol. The Morgan fingerprint density at radius 3 is 1.83 bits per heavy atom. The standard InChI is InChI=1S/C24H22N4O2/c25-17-9-11-18(12-10-17)26-13-15-27(16-14-26)24(30)28-21-7-3-1-5-19(21)23(29)20-6-2-4-8-22(20)28/h1-12H,13-16,25H2. The van der Waals surface area contributed by atoms with Crippen LogP contribution in [0.2, 0.25) is 0 Å². The predicted molar refractivity (Wildman–Crippen MR) is 121 cm³/mol. The smallest absolute Gasteiger partial charge is 0.329 e. The van der Waals surface area contributed by atoms with E-state index in [-0.39, 0.29) is 11.5 Å². The minimum atomic E-state index is -0.0978. The van der Waals surface area contributed by atoms with Gasteiger partial charge in [0.25, 0.3) is 0 Å². The van der Waals surface area contributed by atoms with Crippen LogP contribution in [0.3, 0.4) is 0 Å². The molecule has 1 aliphatic rings. The largest absolute Gasteiger partial charge is 0.399 e. The van der Waals surface area contributed by atoms with Gasteiger partial charge in [-0.3, -0.25) is 9.36 Å². The number of fused-ring (bicyclic) bond motifs is 2. The summed E-state index contributed by atoms with van der Waals surface area (Å²) in [4.78, 5) is 30.6. The first-order valence-corrected chi connectivity index (χ1v) is 10.1. The average Bonchev–Trinajstić information content (AvgIpc) is 2.80. The Morgan fingerprint density at radius 1 is 0.733 bits per heavy atom. The Kier molecular flexibility index (Phi) is 4.39. The highest BCUT2D eigenvalue weighted by atomic mass is 16.2. The molecule has 0 radical (unpaired) electrons. The molecule has 6 nitrogen and oxygen atoms in total. The van der Waals surface area contributed by atoms with E-state index in [1.54, 1.807) is 16.7 Å². The van der Waals surface area contributed by atoms with Crippen molar-refractivity contribution in [1.82, 2.24) is 9.47 Å². The van der Waals surface area contributed by atoms with E-state index in [9.17, 15) is 9.59 Å². The molecule has 0 atom stereocenters. The molecule has 2 heterocycles. The summed E-state index contributed by atoms with van der Waals surface area (Å²) in [6.07, 6.45) is 0. The fraction of sp³-hybridized carbons (Fsp3) is 0.167. The number of aromatic nitrogens is 1. The number of hydrogen-bond donors (Lipinski definition) is 1. The van der Waals surface area contributed by atoms with Crippen molar-refractivity contribution in [2.45, 2.75) is 0 Å². The molecule has 0 spiro atoms. The molecular formula is C24H22N4O2. The molecule has 1 aliphatic heterocycles. The molecule has 0 unspecified atom stereocenters. The summed E-state index contributed by atoms with van der Waals surface area (Å²) < 4.78 is 1.69. The van der Waals surface area contributed by atoms with Gasteiger partial charge >= 0.3 is 6.03 Å². The highest BCUT2D eigenvalue weighted by Gasteiger charge is 2.25. The van der Waals surface area contributed by atoms with Crippen LogP contribution in [0.15, 0.2) is 77.6 Å². The van der Waals surface area contributed by atoms with Crippen molar-refractivity contribution in [1.29, 1.82) is 0 Å². The minimum absolute atomic E-state index is 0.0431. The van der Waals surface area contributed by atoms with Gasteiger partial charge < -0.3 is 15.5 Å². The number of nitrogens with zero attached hydrogens (tertiary/aromatic N) is 3. The fourth-order valence-corrected chi connectivity index (χ4v) is 4.18. The molecule has 0 aliphatic carbocycles. The number of carbonyl (C=O) groups excluding carboxylic acids is 1. The maximum atomic E-state index is 13.6. The van der Waals surface area contributed by atoms with Gasteiger partial charge in [-0.1, -0.05) is 24.3 Å². The van der Waals surface area contributed by atoms with Crippen molar-refractivity contribution in [3.8, 4) is 0 Å². The number of hydrogen-bond acceptors (Lipinski definition) is 4. The highest BCUT2D eigenvalue weighted by Crippen LogP contribution is 2.22. The lowest BCUT2D eigenvalue weighted by atomic mass is 10.1. The number of benzene rings is 3. The average molecular weight is 398 g/mol. The van der Waals surface area contributed by atoms with Gasteiger partial charge in [0.15, 0.2) is 5.43 Å². The summed E-state index contributed by atoms with van der Waals surface area (Å²) in [7, 11) is 0. The lowest BCUT2D eigenvalue weighted by molar-refractivity contribution is 0.198. The third-order valence-corrected chi connectivity index (χ3v) is 5.78. The zero-order chi connectivity index (χ0) is 20.7. The molecule has 30 heavy (non-hydrogen) atoms. The van der Waals surface area contributed by atoms with Gasteiger partial charge in [-0.15, -0.1) is 0 Å². The topological polar surface area (TPSA) is 71.6 Å². The van der Waals surface area contributed by atoms with Crippen LogP contribution in [0, 0.1) is 0 Å². The number of piperazine rings is 1. The first kappa shape index (κ1) is 18.2. The van der Waals surface area contributed by atoms with Crippen molar-refractivity contribution < 1.29 is 4.79 Å². The van der Waals surface area contributed by atoms with Crippen LogP contribution in [0.4, 0.5) is 16.2 Å². The minimum Gasteiger partial charge on any atom is -0.399 e. The lowest BCUT2D eigenvalue weighted by Crippen LogP contribution is -2.50. The Labute approximate surface area is 173 Å². The molecule has 1 amide bonds. The number of para-hydroxylation sites is 2. The molecule has 3 aromatic carbocycles. The third-order valence-electron chi connectivity index (χ3n) is 5.78. The van der Waals surface area contributed by atoms with E-state index in [0.29, 0.717) is 34.9 Å². The van der Waals surface area contributed by atoms with Crippen LogP contribution < -0.4 is 16.1 Å². The summed E-state index contributed by atoms with van der Waals surface area (Å²) >= 11 is 0. The Balaban J connectivity index is 1.50. The van der Waals surface area contributed by atoms with E-state index in [4.69, 9.17) is 5.73 Å². The normalized spacial score (nSPS) is 14.4. The van der Waals surface area contributed by atoms with E-state index in [2.05, 4.69) is 4.90 Å². The lowest BCUT2D eigenvalue weighted by Gasteiger charge is -2.36. The zero-order valence-corrected chi connectivity index (χ0v) is 16.5. The molecule has 1 fully saturated rings. The van der Waals surface area contributed by atoms with Crippen molar-refractivity contribution in [3.05, 3.63) is 83.0 Å². The Hall–Kier alpha value is -3.80. The van der Waals surface area contributed by atoms with Crippen LogP contribution in [-0.2, 0) is 0 Å². The summed E-state index contributed by atoms with van der Waals surface area (Å²) in [6, 6.07) is 22.3. The summed E-state index contributed by atoms with van der Waals surface area (Å²) in [6.45, 7) is 2.70. The second-order valence-corrected chi connectivity index (χ2v) is 7.55. The number of nitrogens with two attached hydrogens (primary N) is 1. The Bertz CT molecular complexity index is 1240. The monoisotopic (exact) mass is 398 g/mol. The number of anilines is 2. The second kappa shape index (κ2) is 7.22. The highest BCUT2D eigenvalue weighted by molar-refractivity contribution is 6.02. The molecule has 2 N–H and O–H groups in total. The van der Waals surface area contributed by atoms with E-state index < -0.39 is 0 Å². The number of nitrogen functional groups attached to an aromatic ring is 1. The van der Waals surface area contributed by atoms with E-state index in [1.165, 1.54) is 0 Å². The van der Waals surface area contributed by atoms with E-state index in [0.717, 1.165) is 24.5 Å². The second-order valence-electron chi connectivity index (χ2n) is 7.55. The van der Waals surface area contributed by atoms with Gasteiger partial charge in [-0.05, 0) is 48.5 Å². The van der Waals surface area contributed by atoms with Crippen molar-refractivity contribution in [2.24, 2.45) is 0 Å². The predicted octanol–water partition coefficient (Wildman–Crippen LogP) is 3.53. The van der Waals surface area contributed by atoms with Crippen LogP contribution in [0.1, 0.15) is 0 Å². The van der Waals surface area contributed by atoms with Crippen LogP contribution >= 0.6 is 0 Å². The van der Waals surface area contributed by atoms with Gasteiger partial charge in [0.2, 0.25) is 0 Å². The van der Waals surface area contributed by atoms with E-state index in [1.807, 2.05) is 65.6 Å². The van der Waals surface area contributed by atoms with Gasteiger partial charge in [0.1, 0.15) is 0 Å². The quantitative estimate of drug-likeness (QED) is 0.393. The molecule has 5 rings (SSSR count).